The van der Waals surface area contributed by atoms with Gasteiger partial charge in [0.05, 0.1) is 4.88 Å². The summed E-state index contributed by atoms with van der Waals surface area (Å²) in [4.78, 5) is 12.9. The van der Waals surface area contributed by atoms with Gasteiger partial charge in [0.15, 0.2) is 0 Å². The maximum atomic E-state index is 11.3. The zero-order chi connectivity index (χ0) is 13.8. The molecule has 0 aliphatic heterocycles. The van der Waals surface area contributed by atoms with E-state index in [9.17, 15) is 4.79 Å². The van der Waals surface area contributed by atoms with E-state index in [4.69, 9.17) is 10.6 Å². The van der Waals surface area contributed by atoms with Gasteiger partial charge >= 0.3 is 0 Å². The lowest BCUT2D eigenvalue weighted by atomic mass is 10.2. The average Bonchev–Trinajstić information content (AvgIpc) is 2.88. The highest BCUT2D eigenvalue weighted by molar-refractivity contribution is 9.10. The molecule has 2 aromatic rings. The second-order valence-electron chi connectivity index (χ2n) is 3.94. The van der Waals surface area contributed by atoms with Gasteiger partial charge in [-0.05, 0) is 42.8 Å². The molecule has 0 saturated carbocycles. The normalized spacial score (nSPS) is 10.3. The molecule has 1 amide bonds. The van der Waals surface area contributed by atoms with Gasteiger partial charge in [-0.3, -0.25) is 10.2 Å². The van der Waals surface area contributed by atoms with Crippen LogP contribution in [0.5, 0.6) is 5.75 Å². The third-order valence-corrected chi connectivity index (χ3v) is 4.47. The number of nitrogens with two attached hydrogens (primary N) is 1. The summed E-state index contributed by atoms with van der Waals surface area (Å²) < 4.78 is 6.73. The third kappa shape index (κ3) is 3.56. The van der Waals surface area contributed by atoms with Gasteiger partial charge in [-0.2, -0.15) is 0 Å². The van der Waals surface area contributed by atoms with Crippen molar-refractivity contribution in [3.8, 4) is 5.75 Å². The number of hydrazine groups is 1. The molecule has 0 aliphatic carbocycles. The molecule has 0 atom stereocenters. The Bertz CT molecular complexity index is 598. The molecule has 4 nitrogen and oxygen atoms in total. The second kappa shape index (κ2) is 6.18. The average molecular weight is 341 g/mol. The minimum atomic E-state index is -0.282. The number of halogens is 1. The highest BCUT2D eigenvalue weighted by atomic mass is 79.9. The largest absolute Gasteiger partial charge is 0.488 e. The number of hydrogen-bond acceptors (Lipinski definition) is 4. The quantitative estimate of drug-likeness (QED) is 0.510. The van der Waals surface area contributed by atoms with Crippen LogP contribution >= 0.6 is 27.3 Å². The number of nitrogen functional groups attached to an aromatic ring is 1. The summed E-state index contributed by atoms with van der Waals surface area (Å²) in [6, 6.07) is 9.41. The van der Waals surface area contributed by atoms with Crippen LogP contribution in [-0.4, -0.2) is 5.91 Å². The van der Waals surface area contributed by atoms with Crippen molar-refractivity contribution in [3.05, 3.63) is 50.1 Å². The lowest BCUT2D eigenvalue weighted by Crippen LogP contribution is -2.29. The Balaban J connectivity index is 2.00. The molecule has 1 heterocycles. The van der Waals surface area contributed by atoms with Gasteiger partial charge in [-0.1, -0.05) is 15.9 Å². The fraction of sp³-hybridized carbons (Fsp3) is 0.154. The molecule has 3 N–H and O–H groups in total. The number of rotatable bonds is 4. The standard InChI is InChI=1S/C13H13BrN2O2S/c1-8-6-9(2-4-11(8)14)18-7-10-3-5-12(19-10)13(17)16-15/h2-6H,7,15H2,1H3,(H,16,17). The van der Waals surface area contributed by atoms with Crippen molar-refractivity contribution in [2.45, 2.75) is 13.5 Å². The molecular formula is C13H13BrN2O2S. The van der Waals surface area contributed by atoms with Crippen molar-refractivity contribution >= 4 is 33.2 Å². The predicted octanol–water partition coefficient (Wildman–Crippen LogP) is 3.00. The van der Waals surface area contributed by atoms with Gasteiger partial charge < -0.3 is 4.74 Å². The number of hydrogen-bond donors (Lipinski definition) is 2. The highest BCUT2D eigenvalue weighted by Gasteiger charge is 2.08. The zero-order valence-electron chi connectivity index (χ0n) is 10.3. The van der Waals surface area contributed by atoms with E-state index in [1.54, 1.807) is 6.07 Å². The SMILES string of the molecule is Cc1cc(OCc2ccc(C(=O)NN)s2)ccc1Br. The first-order valence-corrected chi connectivity index (χ1v) is 7.19. The van der Waals surface area contributed by atoms with E-state index in [0.29, 0.717) is 11.5 Å². The Hall–Kier alpha value is -1.37. The summed E-state index contributed by atoms with van der Waals surface area (Å²) in [5, 5.41) is 0. The van der Waals surface area contributed by atoms with Gasteiger partial charge in [0, 0.05) is 9.35 Å². The molecule has 2 rings (SSSR count). The Morgan fingerprint density at radius 3 is 2.89 bits per heavy atom. The number of nitrogens with one attached hydrogen (secondary N) is 1. The monoisotopic (exact) mass is 340 g/mol. The van der Waals surface area contributed by atoms with Gasteiger partial charge in [-0.15, -0.1) is 11.3 Å². The molecular weight excluding hydrogens is 328 g/mol. The van der Waals surface area contributed by atoms with Gasteiger partial charge in [0.2, 0.25) is 0 Å². The summed E-state index contributed by atoms with van der Waals surface area (Å²) in [5.74, 6) is 5.60. The van der Waals surface area contributed by atoms with Crippen LogP contribution in [0.15, 0.2) is 34.8 Å². The van der Waals surface area contributed by atoms with E-state index in [1.165, 1.54) is 11.3 Å². The first kappa shape index (κ1) is 14.0. The molecule has 0 aliphatic rings. The third-order valence-electron chi connectivity index (χ3n) is 2.53. The molecule has 100 valence electrons. The van der Waals surface area contributed by atoms with E-state index in [0.717, 1.165) is 20.7 Å². The molecule has 0 spiro atoms. The number of benzene rings is 1. The van der Waals surface area contributed by atoms with Gasteiger partial charge in [-0.25, -0.2) is 5.84 Å². The Kier molecular flexibility index (Phi) is 4.57. The lowest BCUT2D eigenvalue weighted by Gasteiger charge is -2.06. The number of aryl methyl sites for hydroxylation is 1. The van der Waals surface area contributed by atoms with Crippen LogP contribution in [0.4, 0.5) is 0 Å². The number of amides is 1. The first-order chi connectivity index (χ1) is 9.10. The highest BCUT2D eigenvalue weighted by Crippen LogP contribution is 2.23. The molecule has 0 saturated heterocycles. The maximum Gasteiger partial charge on any atom is 0.275 e. The van der Waals surface area contributed by atoms with Crippen molar-refractivity contribution in [2.24, 2.45) is 5.84 Å². The predicted molar refractivity (Wildman–Crippen MR) is 79.2 cm³/mol. The Morgan fingerprint density at radius 1 is 1.42 bits per heavy atom. The molecule has 0 radical (unpaired) electrons. The van der Waals surface area contributed by atoms with Crippen molar-refractivity contribution in [3.63, 3.8) is 0 Å². The van der Waals surface area contributed by atoms with E-state index in [2.05, 4.69) is 21.4 Å². The van der Waals surface area contributed by atoms with Crippen LogP contribution in [0.1, 0.15) is 20.1 Å². The zero-order valence-corrected chi connectivity index (χ0v) is 12.7. The second-order valence-corrected chi connectivity index (χ2v) is 5.96. The van der Waals surface area contributed by atoms with Crippen LogP contribution in [0.25, 0.3) is 0 Å². The molecule has 19 heavy (non-hydrogen) atoms. The van der Waals surface area contributed by atoms with Crippen LogP contribution in [0, 0.1) is 6.92 Å². The van der Waals surface area contributed by atoms with Crippen LogP contribution < -0.4 is 16.0 Å². The minimum Gasteiger partial charge on any atom is -0.488 e. The summed E-state index contributed by atoms with van der Waals surface area (Å²) in [6.07, 6.45) is 0. The molecule has 0 bridgehead atoms. The van der Waals surface area contributed by atoms with E-state index < -0.39 is 0 Å². The molecule has 1 aromatic heterocycles. The maximum absolute atomic E-state index is 11.3. The summed E-state index contributed by atoms with van der Waals surface area (Å²) in [6.45, 7) is 2.44. The summed E-state index contributed by atoms with van der Waals surface area (Å²) in [5.41, 5.74) is 3.23. The minimum absolute atomic E-state index is 0.282. The summed E-state index contributed by atoms with van der Waals surface area (Å²) in [7, 11) is 0. The smallest absolute Gasteiger partial charge is 0.275 e. The molecule has 0 fully saturated rings. The van der Waals surface area contributed by atoms with Crippen LogP contribution in [0.3, 0.4) is 0 Å². The van der Waals surface area contributed by atoms with Gasteiger partial charge in [0.1, 0.15) is 12.4 Å². The van der Waals surface area contributed by atoms with Crippen molar-refractivity contribution in [1.29, 1.82) is 0 Å². The van der Waals surface area contributed by atoms with Crippen LogP contribution in [-0.2, 0) is 6.61 Å². The van der Waals surface area contributed by atoms with Crippen molar-refractivity contribution in [1.82, 2.24) is 5.43 Å². The number of carbonyl (C=O) groups excluding carboxylic acids is 1. The van der Waals surface area contributed by atoms with E-state index in [-0.39, 0.29) is 5.91 Å². The number of ether oxygens (including phenoxy) is 1. The van der Waals surface area contributed by atoms with Crippen LogP contribution in [0.2, 0.25) is 0 Å². The van der Waals surface area contributed by atoms with E-state index in [1.807, 2.05) is 31.2 Å². The van der Waals surface area contributed by atoms with Crippen molar-refractivity contribution < 1.29 is 9.53 Å². The lowest BCUT2D eigenvalue weighted by molar-refractivity contribution is 0.0957. The fourth-order valence-corrected chi connectivity index (χ4v) is 2.58. The summed E-state index contributed by atoms with van der Waals surface area (Å²) >= 11 is 4.81. The molecule has 1 aromatic carbocycles. The topological polar surface area (TPSA) is 64.3 Å². The van der Waals surface area contributed by atoms with Crippen molar-refractivity contribution in [2.75, 3.05) is 0 Å². The molecule has 0 unspecified atom stereocenters. The number of thiophene rings is 1. The Morgan fingerprint density at radius 2 is 2.21 bits per heavy atom. The first-order valence-electron chi connectivity index (χ1n) is 5.59. The van der Waals surface area contributed by atoms with Gasteiger partial charge in [0.25, 0.3) is 5.91 Å². The van der Waals surface area contributed by atoms with E-state index >= 15 is 0 Å². The molecule has 6 heteroatoms. The number of carbonyl (C=O) groups is 1. The fourth-order valence-electron chi connectivity index (χ4n) is 1.51. The Labute approximate surface area is 123 Å².